The molecule has 0 spiro atoms. The van der Waals surface area contributed by atoms with Crippen molar-refractivity contribution in [1.82, 2.24) is 9.71 Å². The number of pyridine rings is 1. The second-order valence-corrected chi connectivity index (χ2v) is 8.94. The van der Waals surface area contributed by atoms with Crippen LogP contribution in [-0.2, 0) is 16.2 Å². The van der Waals surface area contributed by atoms with E-state index in [9.17, 15) is 21.6 Å². The number of nitrogens with zero attached hydrogens (tertiary/aromatic N) is 1. The molecule has 30 heavy (non-hydrogen) atoms. The van der Waals surface area contributed by atoms with Crippen LogP contribution >= 0.6 is 0 Å². The molecule has 1 aromatic heterocycles. The minimum Gasteiger partial charge on any atom is -0.496 e. The average Bonchev–Trinajstić information content (AvgIpc) is 2.69. The first-order valence-corrected chi connectivity index (χ1v) is 10.9. The predicted octanol–water partition coefficient (Wildman–Crippen LogP) is 4.09. The summed E-state index contributed by atoms with van der Waals surface area (Å²) >= 11 is 0. The molecule has 1 aliphatic rings. The van der Waals surface area contributed by atoms with Gasteiger partial charge in [-0.25, -0.2) is 18.1 Å². The van der Waals surface area contributed by atoms with Crippen LogP contribution in [0.15, 0.2) is 41.4 Å². The van der Waals surface area contributed by atoms with E-state index in [0.717, 1.165) is 17.8 Å². The second kappa shape index (κ2) is 8.81. The normalized spacial score (nSPS) is 20.0. The minimum absolute atomic E-state index is 0.126. The number of halogens is 3. The first kappa shape index (κ1) is 22.4. The molecule has 10 heteroatoms. The van der Waals surface area contributed by atoms with Crippen molar-refractivity contribution in [3.63, 3.8) is 0 Å². The zero-order valence-electron chi connectivity index (χ0n) is 16.6. The number of aromatic nitrogens is 1. The van der Waals surface area contributed by atoms with Crippen LogP contribution in [0.3, 0.4) is 0 Å². The molecule has 0 bridgehead atoms. The highest BCUT2D eigenvalue weighted by molar-refractivity contribution is 7.89. The summed E-state index contributed by atoms with van der Waals surface area (Å²) < 4.78 is 76.6. The van der Waals surface area contributed by atoms with Gasteiger partial charge in [0.05, 0.1) is 17.6 Å². The molecule has 0 unspecified atom stereocenters. The molecule has 1 saturated carbocycles. The van der Waals surface area contributed by atoms with Crippen molar-refractivity contribution < 1.29 is 31.1 Å². The number of benzene rings is 1. The smallest absolute Gasteiger partial charge is 0.417 e. The Hall–Kier alpha value is -2.33. The van der Waals surface area contributed by atoms with Gasteiger partial charge in [0.2, 0.25) is 15.9 Å². The van der Waals surface area contributed by atoms with Crippen molar-refractivity contribution in [3.05, 3.63) is 47.7 Å². The van der Waals surface area contributed by atoms with Gasteiger partial charge in [0.15, 0.2) is 0 Å². The summed E-state index contributed by atoms with van der Waals surface area (Å²) in [5, 5.41) is 0. The summed E-state index contributed by atoms with van der Waals surface area (Å²) in [6.45, 7) is 1.77. The molecule has 1 N–H and O–H groups in total. The van der Waals surface area contributed by atoms with Crippen molar-refractivity contribution in [1.29, 1.82) is 0 Å². The summed E-state index contributed by atoms with van der Waals surface area (Å²) in [5.74, 6) is 0.740. The van der Waals surface area contributed by atoms with Gasteiger partial charge in [-0.15, -0.1) is 0 Å². The Morgan fingerprint density at radius 2 is 1.80 bits per heavy atom. The monoisotopic (exact) mass is 444 g/mol. The van der Waals surface area contributed by atoms with E-state index < -0.39 is 21.8 Å². The van der Waals surface area contributed by atoms with Gasteiger partial charge in [-0.05, 0) is 62.4 Å². The SMILES string of the molecule is COc1ccc(S(=O)(=O)NC2CCC(Oc3ccc(C(F)(F)F)cn3)CC2)cc1C. The fourth-order valence-corrected chi connectivity index (χ4v) is 4.78. The molecule has 0 amide bonds. The topological polar surface area (TPSA) is 77.5 Å². The zero-order valence-corrected chi connectivity index (χ0v) is 17.4. The lowest BCUT2D eigenvalue weighted by Gasteiger charge is -2.29. The van der Waals surface area contributed by atoms with E-state index in [1.54, 1.807) is 19.1 Å². The fraction of sp³-hybridized carbons (Fsp3) is 0.450. The van der Waals surface area contributed by atoms with Gasteiger partial charge in [-0.2, -0.15) is 13.2 Å². The molecule has 3 rings (SSSR count). The summed E-state index contributed by atoms with van der Waals surface area (Å²) in [5.41, 5.74) is -0.108. The van der Waals surface area contributed by atoms with E-state index in [2.05, 4.69) is 9.71 Å². The molecule has 6 nitrogen and oxygen atoms in total. The first-order chi connectivity index (χ1) is 14.1. The molecule has 2 aromatic rings. The molecular weight excluding hydrogens is 421 g/mol. The van der Waals surface area contributed by atoms with Crippen LogP contribution in [-0.4, -0.2) is 32.7 Å². The molecule has 0 radical (unpaired) electrons. The van der Waals surface area contributed by atoms with Crippen LogP contribution < -0.4 is 14.2 Å². The Bertz CT molecular complexity index is 971. The quantitative estimate of drug-likeness (QED) is 0.726. The third kappa shape index (κ3) is 5.42. The van der Waals surface area contributed by atoms with Crippen LogP contribution in [0.1, 0.15) is 36.8 Å². The molecule has 0 aliphatic heterocycles. The number of hydrogen-bond acceptors (Lipinski definition) is 5. The van der Waals surface area contributed by atoms with Gasteiger partial charge in [-0.1, -0.05) is 0 Å². The fourth-order valence-electron chi connectivity index (χ4n) is 3.39. The van der Waals surface area contributed by atoms with Gasteiger partial charge < -0.3 is 9.47 Å². The Morgan fingerprint density at radius 3 is 2.33 bits per heavy atom. The minimum atomic E-state index is -4.44. The third-order valence-corrected chi connectivity index (χ3v) is 6.54. The molecule has 0 saturated heterocycles. The van der Waals surface area contributed by atoms with Crippen molar-refractivity contribution in [2.75, 3.05) is 7.11 Å². The van der Waals surface area contributed by atoms with E-state index in [4.69, 9.17) is 9.47 Å². The van der Waals surface area contributed by atoms with Gasteiger partial charge in [-0.3, -0.25) is 0 Å². The number of sulfonamides is 1. The number of rotatable bonds is 6. The van der Waals surface area contributed by atoms with Crippen LogP contribution in [0.25, 0.3) is 0 Å². The van der Waals surface area contributed by atoms with Crippen molar-refractivity contribution in [2.24, 2.45) is 0 Å². The maximum Gasteiger partial charge on any atom is 0.417 e. The standard InChI is InChI=1S/C20H23F3N2O4S/c1-13-11-17(8-9-18(13)28-2)30(26,27)25-15-4-6-16(7-5-15)29-19-10-3-14(12-24-19)20(21,22)23/h3,8-12,15-16,25H,4-7H2,1-2H3. The van der Waals surface area contributed by atoms with Gasteiger partial charge >= 0.3 is 6.18 Å². The van der Waals surface area contributed by atoms with Crippen molar-refractivity contribution >= 4 is 10.0 Å². The average molecular weight is 444 g/mol. The van der Waals surface area contributed by atoms with E-state index in [0.29, 0.717) is 31.4 Å². The number of ether oxygens (including phenoxy) is 2. The number of aryl methyl sites for hydroxylation is 1. The lowest BCUT2D eigenvalue weighted by atomic mass is 9.94. The lowest BCUT2D eigenvalue weighted by molar-refractivity contribution is -0.137. The Labute approximate surface area is 173 Å². The van der Waals surface area contributed by atoms with Crippen LogP contribution in [0, 0.1) is 6.92 Å². The zero-order chi connectivity index (χ0) is 21.9. The number of methoxy groups -OCH3 is 1. The van der Waals surface area contributed by atoms with E-state index in [1.807, 2.05) is 0 Å². The molecule has 1 aliphatic carbocycles. The molecular formula is C20H23F3N2O4S. The maximum absolute atomic E-state index is 12.7. The molecule has 1 heterocycles. The molecule has 1 aromatic carbocycles. The Morgan fingerprint density at radius 1 is 1.10 bits per heavy atom. The van der Waals surface area contributed by atoms with Gasteiger partial charge in [0.25, 0.3) is 0 Å². The summed E-state index contributed by atoms with van der Waals surface area (Å²) in [6, 6.07) is 6.57. The summed E-state index contributed by atoms with van der Waals surface area (Å²) in [7, 11) is -2.14. The second-order valence-electron chi connectivity index (χ2n) is 7.23. The van der Waals surface area contributed by atoms with Crippen LogP contribution in [0.4, 0.5) is 13.2 Å². The van der Waals surface area contributed by atoms with E-state index in [1.165, 1.54) is 19.2 Å². The Balaban J connectivity index is 1.54. The predicted molar refractivity (Wildman–Crippen MR) is 104 cm³/mol. The van der Waals surface area contributed by atoms with Crippen LogP contribution in [0.5, 0.6) is 11.6 Å². The first-order valence-electron chi connectivity index (χ1n) is 9.45. The number of hydrogen-bond donors (Lipinski definition) is 1. The van der Waals surface area contributed by atoms with E-state index >= 15 is 0 Å². The van der Waals surface area contributed by atoms with Gasteiger partial charge in [0, 0.05) is 18.3 Å². The summed E-state index contributed by atoms with van der Waals surface area (Å²) in [6.07, 6.45) is -1.68. The highest BCUT2D eigenvalue weighted by Gasteiger charge is 2.31. The molecule has 0 atom stereocenters. The maximum atomic E-state index is 12.7. The largest absolute Gasteiger partial charge is 0.496 e. The molecule has 1 fully saturated rings. The van der Waals surface area contributed by atoms with Crippen molar-refractivity contribution in [3.8, 4) is 11.6 Å². The number of alkyl halides is 3. The molecule has 164 valence electrons. The lowest BCUT2D eigenvalue weighted by Crippen LogP contribution is -2.39. The Kier molecular flexibility index (Phi) is 6.56. The highest BCUT2D eigenvalue weighted by Crippen LogP contribution is 2.30. The number of nitrogens with one attached hydrogen (secondary N) is 1. The summed E-state index contributed by atoms with van der Waals surface area (Å²) in [4.78, 5) is 3.89. The van der Waals surface area contributed by atoms with Gasteiger partial charge in [0.1, 0.15) is 11.9 Å². The highest BCUT2D eigenvalue weighted by atomic mass is 32.2. The van der Waals surface area contributed by atoms with Crippen LogP contribution in [0.2, 0.25) is 0 Å². The third-order valence-electron chi connectivity index (χ3n) is 5.02. The van der Waals surface area contributed by atoms with Crippen molar-refractivity contribution in [2.45, 2.75) is 55.8 Å². The van der Waals surface area contributed by atoms with E-state index in [-0.39, 0.29) is 22.9 Å².